The van der Waals surface area contributed by atoms with E-state index in [4.69, 9.17) is 20.8 Å². The number of benzene rings is 1. The quantitative estimate of drug-likeness (QED) is 0.815. The number of alkyl halides is 1. The van der Waals surface area contributed by atoms with Gasteiger partial charge in [0, 0.05) is 6.54 Å². The zero-order valence-electron chi connectivity index (χ0n) is 11.6. The van der Waals surface area contributed by atoms with Crippen LogP contribution in [0.3, 0.4) is 0 Å². The first-order valence-corrected chi connectivity index (χ1v) is 7.46. The first kappa shape index (κ1) is 13.7. The van der Waals surface area contributed by atoms with Crippen LogP contribution in [0, 0.1) is 0 Å². The highest BCUT2D eigenvalue weighted by Gasteiger charge is 2.29. The number of ether oxygens (including phenoxy) is 1. The molecule has 2 heterocycles. The summed E-state index contributed by atoms with van der Waals surface area (Å²) in [4.78, 5) is 11.7. The molecule has 3 atom stereocenters. The molecular formula is C15H18ClNO3. The molecule has 1 aromatic heterocycles. The number of aryl methyl sites for hydroxylation is 1. The first-order valence-electron chi connectivity index (χ1n) is 7.03. The lowest BCUT2D eigenvalue weighted by Crippen LogP contribution is -2.14. The number of hydrogen-bond acceptors (Lipinski definition) is 3. The summed E-state index contributed by atoms with van der Waals surface area (Å²) in [6.07, 6.45) is 2.30. The van der Waals surface area contributed by atoms with Gasteiger partial charge in [-0.05, 0) is 44.4 Å². The fraction of sp³-hybridized carbons (Fsp3) is 0.533. The van der Waals surface area contributed by atoms with Gasteiger partial charge in [0.05, 0.1) is 23.1 Å². The molecule has 1 fully saturated rings. The predicted molar refractivity (Wildman–Crippen MR) is 78.3 cm³/mol. The molecule has 3 unspecified atom stereocenters. The summed E-state index contributed by atoms with van der Waals surface area (Å²) in [5, 5.41) is -0.209. The highest BCUT2D eigenvalue weighted by Crippen LogP contribution is 2.35. The summed E-state index contributed by atoms with van der Waals surface area (Å²) >= 11 is 6.51. The molecule has 2 aromatic rings. The normalized spacial score (nSPS) is 24.4. The Morgan fingerprint density at radius 2 is 2.25 bits per heavy atom. The fourth-order valence-electron chi connectivity index (χ4n) is 2.82. The van der Waals surface area contributed by atoms with E-state index in [0.29, 0.717) is 12.1 Å². The van der Waals surface area contributed by atoms with Crippen LogP contribution in [0.5, 0.6) is 0 Å². The summed E-state index contributed by atoms with van der Waals surface area (Å²) in [5.74, 6) is -0.323. The second-order valence-electron chi connectivity index (χ2n) is 5.30. The van der Waals surface area contributed by atoms with Crippen LogP contribution in [0.1, 0.15) is 37.6 Å². The standard InChI is InChI=1S/C15H18ClNO3/c1-3-17-11-6-5-10(8-13(11)20-15(17)18)14(16)12-7-4-9(2)19-12/h5-6,8-9,12,14H,3-4,7H2,1-2H3. The monoisotopic (exact) mass is 295 g/mol. The molecule has 4 nitrogen and oxygen atoms in total. The zero-order valence-corrected chi connectivity index (χ0v) is 12.4. The third-order valence-corrected chi connectivity index (χ3v) is 4.45. The van der Waals surface area contributed by atoms with Gasteiger partial charge in [0.1, 0.15) is 0 Å². The van der Waals surface area contributed by atoms with Gasteiger partial charge in [-0.1, -0.05) is 6.07 Å². The van der Waals surface area contributed by atoms with E-state index in [1.54, 1.807) is 4.57 Å². The van der Waals surface area contributed by atoms with Crippen LogP contribution < -0.4 is 5.76 Å². The Morgan fingerprint density at radius 3 is 2.90 bits per heavy atom. The van der Waals surface area contributed by atoms with E-state index in [9.17, 15) is 4.79 Å². The lowest BCUT2D eigenvalue weighted by atomic mass is 10.0. The minimum absolute atomic E-state index is 0.0316. The summed E-state index contributed by atoms with van der Waals surface area (Å²) in [7, 11) is 0. The smallest absolute Gasteiger partial charge is 0.408 e. The summed E-state index contributed by atoms with van der Waals surface area (Å²) in [5.41, 5.74) is 2.34. The molecule has 0 amide bonds. The number of oxazole rings is 1. The van der Waals surface area contributed by atoms with Crippen molar-refractivity contribution < 1.29 is 9.15 Å². The molecule has 3 rings (SSSR count). The second kappa shape index (κ2) is 5.26. The number of halogens is 1. The van der Waals surface area contributed by atoms with Crippen molar-refractivity contribution in [3.8, 4) is 0 Å². The molecule has 1 aliphatic rings. The SMILES string of the molecule is CCn1c(=O)oc2cc(C(Cl)C3CCC(C)O3)ccc21. The average Bonchev–Trinajstić information content (AvgIpc) is 2.99. The van der Waals surface area contributed by atoms with Gasteiger partial charge in [0.25, 0.3) is 0 Å². The summed E-state index contributed by atoms with van der Waals surface area (Å²) in [6, 6.07) is 5.70. The minimum atomic E-state index is -0.323. The maximum absolute atomic E-state index is 11.7. The van der Waals surface area contributed by atoms with Crippen molar-refractivity contribution in [3.63, 3.8) is 0 Å². The van der Waals surface area contributed by atoms with Crippen molar-refractivity contribution >= 4 is 22.7 Å². The van der Waals surface area contributed by atoms with E-state index < -0.39 is 0 Å². The Kier molecular flexibility index (Phi) is 3.61. The molecule has 0 N–H and O–H groups in total. The summed E-state index contributed by atoms with van der Waals surface area (Å²) in [6.45, 7) is 4.58. The molecule has 0 aliphatic carbocycles. The van der Waals surface area contributed by atoms with Crippen LogP contribution in [0.15, 0.2) is 27.4 Å². The van der Waals surface area contributed by atoms with E-state index >= 15 is 0 Å². The number of aromatic nitrogens is 1. The van der Waals surface area contributed by atoms with Crippen LogP contribution in [-0.2, 0) is 11.3 Å². The molecule has 0 bridgehead atoms. The zero-order chi connectivity index (χ0) is 14.3. The maximum Gasteiger partial charge on any atom is 0.419 e. The number of nitrogens with zero attached hydrogens (tertiary/aromatic N) is 1. The Bertz CT molecular complexity index is 675. The molecule has 0 spiro atoms. The minimum Gasteiger partial charge on any atom is -0.408 e. The fourth-order valence-corrected chi connectivity index (χ4v) is 3.14. The molecule has 108 valence electrons. The van der Waals surface area contributed by atoms with Crippen molar-refractivity contribution in [2.45, 2.75) is 50.8 Å². The molecule has 0 saturated carbocycles. The van der Waals surface area contributed by atoms with Gasteiger partial charge >= 0.3 is 5.76 Å². The number of fused-ring (bicyclic) bond motifs is 1. The van der Waals surface area contributed by atoms with Gasteiger partial charge < -0.3 is 9.15 Å². The Labute approximate surface area is 122 Å². The lowest BCUT2D eigenvalue weighted by Gasteiger charge is -2.17. The third kappa shape index (κ3) is 2.27. The topological polar surface area (TPSA) is 44.4 Å². The molecule has 0 radical (unpaired) electrons. The Hall–Kier alpha value is -1.26. The van der Waals surface area contributed by atoms with Gasteiger partial charge in [0.15, 0.2) is 5.58 Å². The van der Waals surface area contributed by atoms with Crippen molar-refractivity contribution in [2.24, 2.45) is 0 Å². The van der Waals surface area contributed by atoms with Gasteiger partial charge in [-0.2, -0.15) is 0 Å². The molecule has 20 heavy (non-hydrogen) atoms. The van der Waals surface area contributed by atoms with Crippen molar-refractivity contribution in [3.05, 3.63) is 34.3 Å². The predicted octanol–water partition coefficient (Wildman–Crippen LogP) is 3.46. The summed E-state index contributed by atoms with van der Waals surface area (Å²) < 4.78 is 12.7. The average molecular weight is 296 g/mol. The van der Waals surface area contributed by atoms with Crippen molar-refractivity contribution in [1.29, 1.82) is 0 Å². The van der Waals surface area contributed by atoms with E-state index in [1.807, 2.05) is 25.1 Å². The number of rotatable bonds is 3. The Balaban J connectivity index is 1.95. The highest BCUT2D eigenvalue weighted by molar-refractivity contribution is 6.21. The number of hydrogen-bond donors (Lipinski definition) is 0. The van der Waals surface area contributed by atoms with Crippen LogP contribution in [0.25, 0.3) is 11.1 Å². The highest BCUT2D eigenvalue weighted by atomic mass is 35.5. The van der Waals surface area contributed by atoms with Crippen LogP contribution in [-0.4, -0.2) is 16.8 Å². The third-order valence-electron chi connectivity index (χ3n) is 3.92. The van der Waals surface area contributed by atoms with E-state index in [0.717, 1.165) is 23.9 Å². The van der Waals surface area contributed by atoms with Crippen LogP contribution in [0.2, 0.25) is 0 Å². The molecule has 1 aromatic carbocycles. The van der Waals surface area contributed by atoms with Crippen LogP contribution in [0.4, 0.5) is 0 Å². The van der Waals surface area contributed by atoms with Gasteiger partial charge in [0.2, 0.25) is 0 Å². The molecule has 1 aliphatic heterocycles. The molecular weight excluding hydrogens is 278 g/mol. The second-order valence-corrected chi connectivity index (χ2v) is 5.77. The van der Waals surface area contributed by atoms with E-state index in [1.165, 1.54) is 0 Å². The molecule has 1 saturated heterocycles. The van der Waals surface area contributed by atoms with Crippen molar-refractivity contribution in [1.82, 2.24) is 4.57 Å². The van der Waals surface area contributed by atoms with Gasteiger partial charge in [-0.15, -0.1) is 11.6 Å². The van der Waals surface area contributed by atoms with E-state index in [-0.39, 0.29) is 23.3 Å². The van der Waals surface area contributed by atoms with Gasteiger partial charge in [-0.25, -0.2) is 4.79 Å². The lowest BCUT2D eigenvalue weighted by molar-refractivity contribution is 0.0533. The maximum atomic E-state index is 11.7. The Morgan fingerprint density at radius 1 is 1.45 bits per heavy atom. The van der Waals surface area contributed by atoms with Crippen LogP contribution >= 0.6 is 11.6 Å². The largest absolute Gasteiger partial charge is 0.419 e. The first-order chi connectivity index (χ1) is 9.60. The van der Waals surface area contributed by atoms with Gasteiger partial charge in [-0.3, -0.25) is 4.57 Å². The van der Waals surface area contributed by atoms with E-state index in [2.05, 4.69) is 6.92 Å². The van der Waals surface area contributed by atoms with Crippen molar-refractivity contribution in [2.75, 3.05) is 0 Å². The molecule has 5 heteroatoms.